The fourth-order valence-corrected chi connectivity index (χ4v) is 2.06. The smallest absolute Gasteiger partial charge is 0.384 e. The second kappa shape index (κ2) is 5.50. The van der Waals surface area contributed by atoms with Gasteiger partial charge in [-0.15, -0.1) is 0 Å². The molecule has 4 nitrogen and oxygen atoms in total. The van der Waals surface area contributed by atoms with Crippen molar-refractivity contribution in [2.45, 2.75) is 25.4 Å². The summed E-state index contributed by atoms with van der Waals surface area (Å²) < 4.78 is 32.9. The van der Waals surface area contributed by atoms with Gasteiger partial charge in [-0.2, -0.15) is 8.78 Å². The van der Waals surface area contributed by atoms with E-state index in [1.165, 1.54) is 24.3 Å². The molecule has 0 aromatic heterocycles. The van der Waals surface area contributed by atoms with E-state index in [1.54, 1.807) is 13.8 Å². The van der Waals surface area contributed by atoms with E-state index in [0.717, 1.165) is 0 Å². The van der Waals surface area contributed by atoms with Gasteiger partial charge in [-0.25, -0.2) is 4.79 Å². The molecule has 22 heavy (non-hydrogen) atoms. The number of carbonyl (C=O) groups excluding carboxylic acids is 2. The van der Waals surface area contributed by atoms with Crippen LogP contribution in [0.15, 0.2) is 24.3 Å². The average Bonchev–Trinajstić information content (AvgIpc) is 2.63. The summed E-state index contributed by atoms with van der Waals surface area (Å²) in [6.07, 6.45) is 0. The molecule has 1 aromatic carbocycles. The lowest BCUT2D eigenvalue weighted by atomic mass is 9.94. The van der Waals surface area contributed by atoms with Gasteiger partial charge in [0.2, 0.25) is 11.4 Å². The fraction of sp³-hybridized carbons (Fsp3) is 0.375. The van der Waals surface area contributed by atoms with Crippen molar-refractivity contribution < 1.29 is 28.2 Å². The van der Waals surface area contributed by atoms with Crippen molar-refractivity contribution in [1.82, 2.24) is 0 Å². The molecule has 0 bridgehead atoms. The Morgan fingerprint density at radius 3 is 2.64 bits per heavy atom. The topological polar surface area (TPSA) is 63.6 Å². The molecule has 0 amide bonds. The third kappa shape index (κ3) is 2.48. The molecule has 0 saturated heterocycles. The van der Waals surface area contributed by atoms with E-state index in [-0.39, 0.29) is 23.7 Å². The number of rotatable bonds is 2. The molecule has 0 unspecified atom stereocenters. The molecule has 1 aromatic rings. The summed E-state index contributed by atoms with van der Waals surface area (Å²) in [4.78, 5) is 23.1. The van der Waals surface area contributed by atoms with E-state index in [2.05, 4.69) is 0 Å². The molecule has 0 heterocycles. The molecular weight excluding hydrogens is 294 g/mol. The number of hydrogen-bond acceptors (Lipinski definition) is 4. The molecule has 1 aliphatic carbocycles. The van der Waals surface area contributed by atoms with E-state index in [4.69, 9.17) is 4.74 Å². The first-order valence-electron chi connectivity index (χ1n) is 6.64. The second-order valence-electron chi connectivity index (χ2n) is 5.40. The number of aliphatic hydroxyl groups is 1. The molecule has 2 rings (SSSR count). The first-order chi connectivity index (χ1) is 10.2. The number of esters is 1. The van der Waals surface area contributed by atoms with E-state index in [1.807, 2.05) is 11.8 Å². The minimum atomic E-state index is -4.12. The minimum Gasteiger partial charge on any atom is -0.456 e. The largest absolute Gasteiger partial charge is 0.456 e. The number of carbonyl (C=O) groups is 2. The third-order valence-electron chi connectivity index (χ3n) is 3.19. The first kappa shape index (κ1) is 16.1. The third-order valence-corrected chi connectivity index (χ3v) is 3.19. The molecule has 0 spiro atoms. The Balaban J connectivity index is 2.37. The van der Waals surface area contributed by atoms with Crippen molar-refractivity contribution in [2.75, 3.05) is 6.61 Å². The van der Waals surface area contributed by atoms with Crippen molar-refractivity contribution in [3.63, 3.8) is 0 Å². The molecule has 1 aliphatic rings. The molecule has 1 atom stereocenters. The lowest BCUT2D eigenvalue weighted by Gasteiger charge is -2.23. The average molecular weight is 308 g/mol. The van der Waals surface area contributed by atoms with Crippen LogP contribution in [-0.2, 0) is 15.1 Å². The highest BCUT2D eigenvalue weighted by Gasteiger charge is 2.65. The molecule has 0 aliphatic heterocycles. The van der Waals surface area contributed by atoms with Crippen LogP contribution in [0.1, 0.15) is 29.8 Å². The molecule has 0 fully saturated rings. The van der Waals surface area contributed by atoms with E-state index in [9.17, 15) is 23.5 Å². The van der Waals surface area contributed by atoms with Gasteiger partial charge in [0.05, 0.1) is 6.61 Å². The normalized spacial score (nSPS) is 22.0. The summed E-state index contributed by atoms with van der Waals surface area (Å²) in [5, 5.41) is 10.2. The molecule has 0 saturated carbocycles. The van der Waals surface area contributed by atoms with Gasteiger partial charge in [0.1, 0.15) is 0 Å². The number of hydrogen-bond donors (Lipinski definition) is 1. The molecular formula is C16H14F2O4. The van der Waals surface area contributed by atoms with Crippen LogP contribution >= 0.6 is 0 Å². The standard InChI is InChI=1S/C16H14F2O4/c1-10(2)9-22-13(19)7-8-15(21)12-6-4-3-5-11(12)14(20)16(15,17)18/h3-6,10,21H,9H2,1-2H3/t15-/m1/s1. The van der Waals surface area contributed by atoms with Crippen LogP contribution in [0.2, 0.25) is 0 Å². The van der Waals surface area contributed by atoms with Gasteiger partial charge in [-0.3, -0.25) is 4.79 Å². The van der Waals surface area contributed by atoms with Crippen LogP contribution in [0.3, 0.4) is 0 Å². The number of halogens is 2. The molecule has 1 N–H and O–H groups in total. The monoisotopic (exact) mass is 308 g/mol. The van der Waals surface area contributed by atoms with Gasteiger partial charge in [-0.1, -0.05) is 38.1 Å². The number of fused-ring (bicyclic) bond motifs is 1. The zero-order valence-corrected chi connectivity index (χ0v) is 12.0. The Bertz CT molecular complexity index is 685. The van der Waals surface area contributed by atoms with Crippen molar-refractivity contribution in [2.24, 2.45) is 5.92 Å². The van der Waals surface area contributed by atoms with E-state index < -0.39 is 23.3 Å². The van der Waals surface area contributed by atoms with Crippen molar-refractivity contribution in [1.29, 1.82) is 0 Å². The highest BCUT2D eigenvalue weighted by Crippen LogP contribution is 2.47. The first-order valence-corrected chi connectivity index (χ1v) is 6.64. The molecule has 116 valence electrons. The number of Topliss-reactive ketones (excluding diaryl/α,β-unsaturated/α-hetero) is 1. The van der Waals surface area contributed by atoms with Gasteiger partial charge >= 0.3 is 11.9 Å². The van der Waals surface area contributed by atoms with Gasteiger partial charge in [0.25, 0.3) is 0 Å². The van der Waals surface area contributed by atoms with Gasteiger partial charge in [0, 0.05) is 17.0 Å². The Hall–Kier alpha value is -2.26. The number of ketones is 1. The van der Waals surface area contributed by atoms with Crippen LogP contribution < -0.4 is 0 Å². The molecule has 0 radical (unpaired) electrons. The van der Waals surface area contributed by atoms with Gasteiger partial charge < -0.3 is 9.84 Å². The number of alkyl halides is 2. The summed E-state index contributed by atoms with van der Waals surface area (Å²) in [5.74, 6) is -2.95. The van der Waals surface area contributed by atoms with Crippen LogP contribution in [0.5, 0.6) is 0 Å². The quantitative estimate of drug-likeness (QED) is 0.515. The fourth-order valence-electron chi connectivity index (χ4n) is 2.06. The Labute approximate surface area is 126 Å². The highest BCUT2D eigenvalue weighted by atomic mass is 19.3. The maximum Gasteiger partial charge on any atom is 0.384 e. The number of ether oxygens (including phenoxy) is 1. The van der Waals surface area contributed by atoms with Crippen LogP contribution in [0.25, 0.3) is 0 Å². The number of benzene rings is 1. The van der Waals surface area contributed by atoms with Crippen molar-refractivity contribution >= 4 is 11.8 Å². The predicted octanol–water partition coefficient (Wildman–Crippen LogP) is 1.91. The van der Waals surface area contributed by atoms with Crippen LogP contribution in [0, 0.1) is 17.8 Å². The second-order valence-corrected chi connectivity index (χ2v) is 5.40. The summed E-state index contributed by atoms with van der Waals surface area (Å²) in [7, 11) is 0. The Morgan fingerprint density at radius 2 is 2.00 bits per heavy atom. The maximum atomic E-state index is 14.1. The van der Waals surface area contributed by atoms with Crippen molar-refractivity contribution in [3.05, 3.63) is 35.4 Å². The Kier molecular flexibility index (Phi) is 4.03. The van der Waals surface area contributed by atoms with E-state index >= 15 is 0 Å². The summed E-state index contributed by atoms with van der Waals surface area (Å²) in [5.41, 5.74) is -3.65. The van der Waals surface area contributed by atoms with Gasteiger partial charge in [-0.05, 0) is 11.8 Å². The highest BCUT2D eigenvalue weighted by molar-refractivity contribution is 6.08. The van der Waals surface area contributed by atoms with E-state index in [0.29, 0.717) is 0 Å². The SMILES string of the molecule is CC(C)COC(=O)C#C[C@@]1(O)c2ccccc2C(=O)C1(F)F. The van der Waals surface area contributed by atoms with Gasteiger partial charge in [0.15, 0.2) is 0 Å². The van der Waals surface area contributed by atoms with Crippen molar-refractivity contribution in [3.8, 4) is 11.8 Å². The summed E-state index contributed by atoms with van der Waals surface area (Å²) in [6.45, 7) is 3.68. The van der Waals surface area contributed by atoms with Crippen LogP contribution in [-0.4, -0.2) is 29.4 Å². The Morgan fingerprint density at radius 1 is 1.36 bits per heavy atom. The lowest BCUT2D eigenvalue weighted by Crippen LogP contribution is -2.44. The summed E-state index contributed by atoms with van der Waals surface area (Å²) in [6, 6.07) is 5.17. The summed E-state index contributed by atoms with van der Waals surface area (Å²) >= 11 is 0. The minimum absolute atomic E-state index is 0.0593. The maximum absolute atomic E-state index is 14.1. The zero-order chi connectivity index (χ0) is 16.5. The molecule has 6 heteroatoms. The van der Waals surface area contributed by atoms with Crippen LogP contribution in [0.4, 0.5) is 8.78 Å². The lowest BCUT2D eigenvalue weighted by molar-refractivity contribution is -0.138. The predicted molar refractivity (Wildman–Crippen MR) is 73.2 cm³/mol. The zero-order valence-electron chi connectivity index (χ0n) is 12.0.